The predicted octanol–water partition coefficient (Wildman–Crippen LogP) is 4.09. The summed E-state index contributed by atoms with van der Waals surface area (Å²) in [6, 6.07) is 5.81. The molecular weight excluding hydrogens is 230 g/mol. The van der Waals surface area contributed by atoms with Gasteiger partial charge in [-0.2, -0.15) is 0 Å². The topological polar surface area (TPSA) is 51.5 Å². The highest BCUT2D eigenvalue weighted by Gasteiger charge is 2.17. The first-order chi connectivity index (χ1) is 8.35. The van der Waals surface area contributed by atoms with Crippen molar-refractivity contribution in [3.8, 4) is 0 Å². The molecule has 0 saturated carbocycles. The zero-order valence-corrected chi connectivity index (χ0v) is 11.0. The van der Waals surface area contributed by atoms with Gasteiger partial charge in [0.1, 0.15) is 17.4 Å². The fraction of sp³-hybridized carbons (Fsp3) is 0.357. The van der Waals surface area contributed by atoms with Crippen molar-refractivity contribution < 1.29 is 13.9 Å². The second kappa shape index (κ2) is 4.37. The number of nitrogens with one attached hydrogen (secondary N) is 1. The van der Waals surface area contributed by atoms with Crippen molar-refractivity contribution in [3.05, 3.63) is 30.0 Å². The number of carbonyl (C=O) groups excluding carboxylic acids is 1. The van der Waals surface area contributed by atoms with Gasteiger partial charge in [-0.05, 0) is 45.4 Å². The summed E-state index contributed by atoms with van der Waals surface area (Å²) in [5.74, 6) is 0. The average molecular weight is 247 g/mol. The molecule has 0 bridgehead atoms. The lowest BCUT2D eigenvalue weighted by atomic mass is 10.2. The van der Waals surface area contributed by atoms with Gasteiger partial charge in [0.2, 0.25) is 0 Å². The molecule has 0 aliphatic carbocycles. The second-order valence-electron chi connectivity index (χ2n) is 5.28. The van der Waals surface area contributed by atoms with Gasteiger partial charge in [-0.15, -0.1) is 0 Å². The van der Waals surface area contributed by atoms with Crippen LogP contribution in [0.4, 0.5) is 10.5 Å². The molecule has 0 atom stereocenters. The minimum Gasteiger partial charge on any atom is -0.462 e. The molecular formula is C14H17NO3. The zero-order valence-electron chi connectivity index (χ0n) is 11.0. The van der Waals surface area contributed by atoms with Gasteiger partial charge in [0.25, 0.3) is 0 Å². The first kappa shape index (κ1) is 12.5. The first-order valence-corrected chi connectivity index (χ1v) is 5.83. The standard InChI is InChI=1S/C14H17NO3/c1-9-5-6-10-11(8-17-12(10)7-9)15-13(16)18-14(2,3)4/h5-8H,1-4H3,(H,15,16). The molecule has 1 N–H and O–H groups in total. The van der Waals surface area contributed by atoms with Crippen LogP contribution in [0, 0.1) is 6.92 Å². The summed E-state index contributed by atoms with van der Waals surface area (Å²) in [5.41, 5.74) is 1.97. The molecule has 1 aromatic carbocycles. The van der Waals surface area contributed by atoms with Gasteiger partial charge < -0.3 is 9.15 Å². The highest BCUT2D eigenvalue weighted by atomic mass is 16.6. The van der Waals surface area contributed by atoms with Crippen LogP contribution in [0.2, 0.25) is 0 Å². The molecule has 0 unspecified atom stereocenters. The van der Waals surface area contributed by atoms with Crippen molar-refractivity contribution in [3.63, 3.8) is 0 Å². The van der Waals surface area contributed by atoms with Gasteiger partial charge in [-0.1, -0.05) is 6.07 Å². The smallest absolute Gasteiger partial charge is 0.412 e. The Morgan fingerprint density at radius 2 is 2.06 bits per heavy atom. The summed E-state index contributed by atoms with van der Waals surface area (Å²) < 4.78 is 10.6. The van der Waals surface area contributed by atoms with Crippen molar-refractivity contribution in [2.24, 2.45) is 0 Å². The molecule has 1 amide bonds. The fourth-order valence-electron chi connectivity index (χ4n) is 1.65. The van der Waals surface area contributed by atoms with E-state index in [1.165, 1.54) is 6.26 Å². The Bertz CT molecular complexity index is 578. The summed E-state index contributed by atoms with van der Waals surface area (Å²) >= 11 is 0. The van der Waals surface area contributed by atoms with Gasteiger partial charge in [0.15, 0.2) is 0 Å². The number of fused-ring (bicyclic) bond motifs is 1. The van der Waals surface area contributed by atoms with Gasteiger partial charge in [-0.3, -0.25) is 5.32 Å². The minimum atomic E-state index is -0.514. The van der Waals surface area contributed by atoms with Crippen LogP contribution in [0.1, 0.15) is 26.3 Å². The zero-order chi connectivity index (χ0) is 13.3. The van der Waals surface area contributed by atoms with E-state index in [9.17, 15) is 4.79 Å². The third kappa shape index (κ3) is 2.83. The predicted molar refractivity (Wildman–Crippen MR) is 70.8 cm³/mol. The maximum atomic E-state index is 11.7. The third-order valence-corrected chi connectivity index (χ3v) is 2.37. The van der Waals surface area contributed by atoms with E-state index < -0.39 is 11.7 Å². The lowest BCUT2D eigenvalue weighted by Crippen LogP contribution is -2.27. The molecule has 96 valence electrons. The Morgan fingerprint density at radius 3 is 2.72 bits per heavy atom. The molecule has 2 aromatic rings. The summed E-state index contributed by atoms with van der Waals surface area (Å²) in [4.78, 5) is 11.7. The average Bonchev–Trinajstić information content (AvgIpc) is 2.57. The van der Waals surface area contributed by atoms with E-state index in [-0.39, 0.29) is 0 Å². The summed E-state index contributed by atoms with van der Waals surface area (Å²) in [6.45, 7) is 7.46. The molecule has 4 heteroatoms. The molecule has 1 aromatic heterocycles. The van der Waals surface area contributed by atoms with E-state index in [4.69, 9.17) is 9.15 Å². The van der Waals surface area contributed by atoms with Crippen LogP contribution in [0.25, 0.3) is 11.0 Å². The molecule has 0 saturated heterocycles. The molecule has 1 heterocycles. The Kier molecular flexibility index (Phi) is 3.03. The van der Waals surface area contributed by atoms with Crippen molar-refractivity contribution in [1.29, 1.82) is 0 Å². The third-order valence-electron chi connectivity index (χ3n) is 2.37. The van der Waals surface area contributed by atoms with Crippen LogP contribution < -0.4 is 5.32 Å². The van der Waals surface area contributed by atoms with Gasteiger partial charge in [0, 0.05) is 5.39 Å². The van der Waals surface area contributed by atoms with Crippen LogP contribution in [-0.4, -0.2) is 11.7 Å². The first-order valence-electron chi connectivity index (χ1n) is 5.83. The SMILES string of the molecule is Cc1ccc2c(NC(=O)OC(C)(C)C)coc2c1. The largest absolute Gasteiger partial charge is 0.462 e. The molecule has 0 aliphatic rings. The summed E-state index contributed by atoms with van der Waals surface area (Å²) in [5, 5.41) is 3.55. The van der Waals surface area contributed by atoms with E-state index in [1.807, 2.05) is 45.9 Å². The Morgan fingerprint density at radius 1 is 1.33 bits per heavy atom. The number of aryl methyl sites for hydroxylation is 1. The summed E-state index contributed by atoms with van der Waals surface area (Å²) in [6.07, 6.45) is 1.04. The van der Waals surface area contributed by atoms with Crippen molar-refractivity contribution in [2.75, 3.05) is 5.32 Å². The van der Waals surface area contributed by atoms with E-state index in [1.54, 1.807) is 0 Å². The normalized spacial score (nSPS) is 11.6. The molecule has 0 aliphatic heterocycles. The molecule has 4 nitrogen and oxygen atoms in total. The quantitative estimate of drug-likeness (QED) is 0.825. The van der Waals surface area contributed by atoms with E-state index in [0.717, 1.165) is 16.5 Å². The monoisotopic (exact) mass is 247 g/mol. The molecule has 0 spiro atoms. The van der Waals surface area contributed by atoms with Crippen LogP contribution >= 0.6 is 0 Å². The van der Waals surface area contributed by atoms with Crippen molar-refractivity contribution in [1.82, 2.24) is 0 Å². The van der Waals surface area contributed by atoms with E-state index in [0.29, 0.717) is 5.69 Å². The maximum absolute atomic E-state index is 11.7. The molecule has 0 fully saturated rings. The number of carbonyl (C=O) groups is 1. The van der Waals surface area contributed by atoms with Crippen LogP contribution in [0.15, 0.2) is 28.9 Å². The fourth-order valence-corrected chi connectivity index (χ4v) is 1.65. The second-order valence-corrected chi connectivity index (χ2v) is 5.28. The lowest BCUT2D eigenvalue weighted by molar-refractivity contribution is 0.0636. The Hall–Kier alpha value is -1.97. The minimum absolute atomic E-state index is 0.481. The van der Waals surface area contributed by atoms with Gasteiger partial charge in [0.05, 0.1) is 5.69 Å². The highest BCUT2D eigenvalue weighted by Crippen LogP contribution is 2.26. The molecule has 0 radical (unpaired) electrons. The Labute approximate surface area is 106 Å². The van der Waals surface area contributed by atoms with Gasteiger partial charge >= 0.3 is 6.09 Å². The number of rotatable bonds is 1. The maximum Gasteiger partial charge on any atom is 0.412 e. The Balaban J connectivity index is 2.20. The number of benzene rings is 1. The van der Waals surface area contributed by atoms with Gasteiger partial charge in [-0.25, -0.2) is 4.79 Å². The van der Waals surface area contributed by atoms with Crippen LogP contribution in [0.3, 0.4) is 0 Å². The lowest BCUT2D eigenvalue weighted by Gasteiger charge is -2.19. The van der Waals surface area contributed by atoms with Crippen molar-refractivity contribution in [2.45, 2.75) is 33.3 Å². The number of hydrogen-bond donors (Lipinski definition) is 1. The highest BCUT2D eigenvalue weighted by molar-refractivity contribution is 5.98. The van der Waals surface area contributed by atoms with E-state index >= 15 is 0 Å². The summed E-state index contributed by atoms with van der Waals surface area (Å²) in [7, 11) is 0. The number of hydrogen-bond acceptors (Lipinski definition) is 3. The number of amides is 1. The van der Waals surface area contributed by atoms with Crippen LogP contribution in [-0.2, 0) is 4.74 Å². The number of furan rings is 1. The number of anilines is 1. The molecule has 2 rings (SSSR count). The molecule has 18 heavy (non-hydrogen) atoms. The van der Waals surface area contributed by atoms with Crippen LogP contribution in [0.5, 0.6) is 0 Å². The van der Waals surface area contributed by atoms with E-state index in [2.05, 4.69) is 5.32 Å². The van der Waals surface area contributed by atoms with Crippen molar-refractivity contribution >= 4 is 22.7 Å². The number of ether oxygens (including phenoxy) is 1.